The fourth-order valence-corrected chi connectivity index (χ4v) is 19.9. The molecule has 2 aromatic heterocycles. The van der Waals surface area contributed by atoms with Gasteiger partial charge in [0, 0.05) is 114 Å². The van der Waals surface area contributed by atoms with Crippen molar-refractivity contribution in [3.05, 3.63) is 370 Å². The monoisotopic (exact) mass is 1390 g/mol. The summed E-state index contributed by atoms with van der Waals surface area (Å²) in [6, 6.07) is 137. The van der Waals surface area contributed by atoms with E-state index in [1.165, 1.54) is 62.2 Å². The number of nitrogens with zero attached hydrogens (tertiary/aromatic N) is 5. The molecule has 0 unspecified atom stereocenters. The van der Waals surface area contributed by atoms with E-state index in [1.54, 1.807) is 0 Å². The summed E-state index contributed by atoms with van der Waals surface area (Å²) in [7, 11) is 0. The lowest BCUT2D eigenvalue weighted by Crippen LogP contribution is -2.64. The van der Waals surface area contributed by atoms with Crippen LogP contribution in [0, 0.1) is 0 Å². The molecule has 494 valence electrons. The van der Waals surface area contributed by atoms with E-state index in [-0.39, 0.29) is 13.4 Å². The van der Waals surface area contributed by atoms with Crippen molar-refractivity contribution in [1.29, 1.82) is 0 Å². The zero-order chi connectivity index (χ0) is 69.5. The average molecular weight is 1390 g/mol. The molecule has 0 bridgehead atoms. The van der Waals surface area contributed by atoms with Crippen molar-refractivity contribution in [2.75, 3.05) is 24.5 Å². The third kappa shape index (κ3) is 9.31. The van der Waals surface area contributed by atoms with E-state index in [4.69, 9.17) is 4.74 Å². The van der Waals surface area contributed by atoms with Gasteiger partial charge >= 0.3 is 0 Å². The SMILES string of the molecule is c1ccc(-c2cccc(-c3ccccc3)c2N2c3cc4c(cc3B3c5ccccc5N(c5cccc6sc7ccccc7c56)c5cc(N(c6ccccc6)c6ccccc6)cc2c53)B2c3ccccc3Oc3cc(N(c5ccccc5)c5ccccc5)cc(c32)N4c2cccc3sc4ccccc4c23)cc1. The summed E-state index contributed by atoms with van der Waals surface area (Å²) in [6.07, 6.45) is 0. The molecule has 0 fully saturated rings. The second-order valence-corrected chi connectivity index (χ2v) is 29.9. The van der Waals surface area contributed by atoms with Crippen molar-refractivity contribution in [2.45, 2.75) is 0 Å². The zero-order valence-corrected chi connectivity index (χ0v) is 59.0. The molecule has 0 saturated heterocycles. The van der Waals surface area contributed by atoms with Crippen molar-refractivity contribution in [3.8, 4) is 33.8 Å². The van der Waals surface area contributed by atoms with Crippen LogP contribution in [0.2, 0.25) is 0 Å². The highest BCUT2D eigenvalue weighted by Gasteiger charge is 2.49. The molecule has 10 heteroatoms. The Hall–Kier alpha value is -13.1. The van der Waals surface area contributed by atoms with Gasteiger partial charge in [0.1, 0.15) is 11.5 Å². The van der Waals surface area contributed by atoms with Crippen molar-refractivity contribution >= 4 is 195 Å². The first kappa shape index (κ1) is 60.5. The molecule has 0 amide bonds. The zero-order valence-electron chi connectivity index (χ0n) is 57.3. The van der Waals surface area contributed by atoms with E-state index in [9.17, 15) is 0 Å². The minimum absolute atomic E-state index is 0.265. The normalized spacial score (nSPS) is 12.9. The third-order valence-corrected chi connectivity index (χ3v) is 24.3. The smallest absolute Gasteiger partial charge is 0.256 e. The molecule has 0 saturated carbocycles. The number of rotatable bonds is 11. The van der Waals surface area contributed by atoms with Gasteiger partial charge in [-0.1, -0.05) is 243 Å². The Morgan fingerprint density at radius 1 is 0.245 bits per heavy atom. The summed E-state index contributed by atoms with van der Waals surface area (Å²) in [5, 5.41) is 4.91. The van der Waals surface area contributed by atoms with E-state index in [2.05, 4.69) is 395 Å². The molecule has 6 nitrogen and oxygen atoms in total. The standard InChI is InChI=1S/C96H61B2N5OS2/c1-7-30-62(31-8-1)70-44-27-45-71(63-32-9-2-10-33-63)96(70)103-82-61-81-76(98-75-47-22-24-51-86(75)104-87-59-69(100(66-38-15-5-16-39-66)67-40-17-6-18-41-67)58-85(95(87)98)102(81)80-50-29-55-91-93(80)73-43-20-26-53-89(73)106-91)60-77(82)97-74-46-21-23-48-78(74)101(79-49-28-54-90-92(79)72-42-19-25-52-88(72)105-90)83-56-68(57-84(103)94(83)97)99(64-34-11-3-12-35-64)65-36-13-4-14-37-65/h1-61H. The van der Waals surface area contributed by atoms with Crippen LogP contribution in [-0.2, 0) is 0 Å². The molecule has 0 atom stereocenters. The molecule has 18 aromatic rings. The number of hydrogen-bond donors (Lipinski definition) is 0. The molecule has 4 aliphatic heterocycles. The lowest BCUT2D eigenvalue weighted by Gasteiger charge is -2.47. The van der Waals surface area contributed by atoms with Crippen LogP contribution in [0.25, 0.3) is 62.6 Å². The van der Waals surface area contributed by atoms with Gasteiger partial charge in [0.15, 0.2) is 0 Å². The Kier molecular flexibility index (Phi) is 13.8. The fraction of sp³-hybridized carbons (Fsp3) is 0. The second kappa shape index (κ2) is 24.3. The minimum Gasteiger partial charge on any atom is -0.458 e. The maximum absolute atomic E-state index is 7.52. The van der Waals surface area contributed by atoms with Crippen molar-refractivity contribution in [1.82, 2.24) is 0 Å². The molecule has 4 aliphatic rings. The van der Waals surface area contributed by atoms with E-state index in [0.717, 1.165) is 130 Å². The van der Waals surface area contributed by atoms with Crippen LogP contribution < -0.4 is 62.0 Å². The third-order valence-electron chi connectivity index (χ3n) is 22.0. The summed E-state index contributed by atoms with van der Waals surface area (Å²) in [6.45, 7) is -0.548. The molecular weight excluding hydrogens is 1320 g/mol. The molecular formula is C96H61B2N5OS2. The molecule has 0 radical (unpaired) electrons. The van der Waals surface area contributed by atoms with Crippen molar-refractivity contribution < 1.29 is 4.74 Å². The van der Waals surface area contributed by atoms with Gasteiger partial charge in [-0.2, -0.15) is 0 Å². The molecule has 16 aromatic carbocycles. The Labute approximate surface area is 623 Å². The lowest BCUT2D eigenvalue weighted by molar-refractivity contribution is 0.487. The maximum atomic E-state index is 7.52. The van der Waals surface area contributed by atoms with E-state index in [0.29, 0.717) is 0 Å². The van der Waals surface area contributed by atoms with Crippen LogP contribution in [0.15, 0.2) is 370 Å². The number of anilines is 15. The minimum atomic E-state index is -0.284. The first-order valence-corrected chi connectivity index (χ1v) is 37.9. The Morgan fingerprint density at radius 3 is 1.17 bits per heavy atom. The Morgan fingerprint density at radius 2 is 0.632 bits per heavy atom. The van der Waals surface area contributed by atoms with Crippen LogP contribution in [0.1, 0.15) is 0 Å². The van der Waals surface area contributed by atoms with Crippen molar-refractivity contribution in [3.63, 3.8) is 0 Å². The number of para-hydroxylation sites is 7. The van der Waals surface area contributed by atoms with Gasteiger partial charge in [-0.15, -0.1) is 22.7 Å². The fourth-order valence-electron chi connectivity index (χ4n) is 17.7. The number of ether oxygens (including phenoxy) is 1. The number of fused-ring (bicyclic) bond motifs is 14. The highest BCUT2D eigenvalue weighted by molar-refractivity contribution is 7.26. The second-order valence-electron chi connectivity index (χ2n) is 27.8. The van der Waals surface area contributed by atoms with Crippen molar-refractivity contribution in [2.24, 2.45) is 0 Å². The predicted octanol–water partition coefficient (Wildman–Crippen LogP) is 23.2. The van der Waals surface area contributed by atoms with E-state index < -0.39 is 0 Å². The van der Waals surface area contributed by atoms with Crippen LogP contribution in [-0.4, -0.2) is 13.4 Å². The largest absolute Gasteiger partial charge is 0.458 e. The quantitative estimate of drug-likeness (QED) is 0.120. The Balaban J connectivity index is 0.920. The molecule has 22 rings (SSSR count). The van der Waals surface area contributed by atoms with Gasteiger partial charge in [-0.3, -0.25) is 0 Å². The first-order valence-electron chi connectivity index (χ1n) is 36.3. The van der Waals surface area contributed by atoms with Crippen LogP contribution in [0.5, 0.6) is 11.5 Å². The van der Waals surface area contributed by atoms with E-state index >= 15 is 0 Å². The molecule has 0 spiro atoms. The first-order chi connectivity index (χ1) is 52.6. The molecule has 6 heterocycles. The van der Waals surface area contributed by atoms with Gasteiger partial charge < -0.3 is 29.2 Å². The summed E-state index contributed by atoms with van der Waals surface area (Å²) in [5.74, 6) is 1.67. The van der Waals surface area contributed by atoms with Gasteiger partial charge in [0.05, 0.1) is 28.4 Å². The maximum Gasteiger partial charge on any atom is 0.256 e. The number of hydrogen-bond acceptors (Lipinski definition) is 8. The number of benzene rings is 16. The van der Waals surface area contributed by atoms with Crippen LogP contribution >= 0.6 is 22.7 Å². The summed E-state index contributed by atoms with van der Waals surface area (Å²) in [5.41, 5.74) is 27.6. The average Bonchev–Trinajstić information content (AvgIpc) is 0.753. The lowest BCUT2D eigenvalue weighted by atomic mass is 9.30. The summed E-state index contributed by atoms with van der Waals surface area (Å²) < 4.78 is 12.5. The van der Waals surface area contributed by atoms with E-state index in [1.807, 2.05) is 22.7 Å². The van der Waals surface area contributed by atoms with Gasteiger partial charge in [-0.25, -0.2) is 0 Å². The number of thiophene rings is 2. The van der Waals surface area contributed by atoms with Gasteiger partial charge in [0.2, 0.25) is 0 Å². The molecule has 0 N–H and O–H groups in total. The highest BCUT2D eigenvalue weighted by Crippen LogP contribution is 2.56. The summed E-state index contributed by atoms with van der Waals surface area (Å²) in [4.78, 5) is 12.8. The highest BCUT2D eigenvalue weighted by atomic mass is 32.1. The van der Waals surface area contributed by atoms with Gasteiger partial charge in [0.25, 0.3) is 13.4 Å². The van der Waals surface area contributed by atoms with Crippen LogP contribution in [0.4, 0.5) is 85.3 Å². The topological polar surface area (TPSA) is 25.4 Å². The summed E-state index contributed by atoms with van der Waals surface area (Å²) >= 11 is 3.72. The predicted molar refractivity (Wildman–Crippen MR) is 452 cm³/mol. The Bertz CT molecular complexity index is 6420. The molecule has 106 heavy (non-hydrogen) atoms. The molecule has 0 aliphatic carbocycles. The van der Waals surface area contributed by atoms with Crippen LogP contribution in [0.3, 0.4) is 0 Å². The van der Waals surface area contributed by atoms with Gasteiger partial charge in [-0.05, 0) is 165 Å².